The molecule has 272 valence electrons. The number of hydrogen-bond acceptors (Lipinski definition) is 11. The average Bonchev–Trinajstić information content (AvgIpc) is 3.41. The second-order valence-corrected chi connectivity index (χ2v) is 15.2. The van der Waals surface area contributed by atoms with Crippen molar-refractivity contribution in [2.75, 3.05) is 32.8 Å². The standard InChI is InChI=1S/C38H50ClN3O8/c1-21-17-29-27(22(2)19-41(5)20-25-12-14-26(47-7)15-13-25)16-11-23(3)38(29,46)34(33(21)48-24(4)43)49-35(44)31-18-37(45)28-9-8-10-30(39)32(28)42(6)50-36(37)40-31/h8-10,12-15,17,22-23,27,29,31,33-34,36,40,45-46H,11,16,18-20H2,1-7H3/t22?,23-,27+,29-,31+,33+,34+,36-,37-,38-/m1/s1. The number of ether oxygens (including phenoxy) is 3. The number of carbonyl (C=O) groups is 2. The molecule has 11 nitrogen and oxygen atoms in total. The molecule has 1 saturated heterocycles. The number of benzene rings is 2. The van der Waals surface area contributed by atoms with Gasteiger partial charge in [-0.05, 0) is 73.9 Å². The zero-order valence-electron chi connectivity index (χ0n) is 29.9. The van der Waals surface area contributed by atoms with Crippen LogP contribution in [0.1, 0.15) is 58.1 Å². The van der Waals surface area contributed by atoms with Gasteiger partial charge >= 0.3 is 11.9 Å². The number of anilines is 1. The van der Waals surface area contributed by atoms with E-state index in [4.69, 9.17) is 30.6 Å². The summed E-state index contributed by atoms with van der Waals surface area (Å²) in [5.74, 6) is -0.754. The summed E-state index contributed by atoms with van der Waals surface area (Å²) in [7, 11) is 5.43. The van der Waals surface area contributed by atoms with Crippen LogP contribution < -0.4 is 15.1 Å². The van der Waals surface area contributed by atoms with E-state index in [-0.39, 0.29) is 30.1 Å². The van der Waals surface area contributed by atoms with Gasteiger partial charge in [-0.2, -0.15) is 0 Å². The molecule has 6 rings (SSSR count). The van der Waals surface area contributed by atoms with Crippen LogP contribution in [0.4, 0.5) is 5.69 Å². The quantitative estimate of drug-likeness (QED) is 0.250. The zero-order chi connectivity index (χ0) is 36.1. The van der Waals surface area contributed by atoms with Gasteiger partial charge < -0.3 is 29.3 Å². The molecule has 2 aromatic carbocycles. The molecule has 1 saturated carbocycles. The summed E-state index contributed by atoms with van der Waals surface area (Å²) in [4.78, 5) is 34.8. The van der Waals surface area contributed by atoms with Gasteiger partial charge in [-0.3, -0.25) is 24.8 Å². The largest absolute Gasteiger partial charge is 0.497 e. The third-order valence-corrected chi connectivity index (χ3v) is 11.7. The average molecular weight is 712 g/mol. The number of hydroxylamine groups is 1. The van der Waals surface area contributed by atoms with Crippen molar-refractivity contribution in [2.45, 2.75) is 89.2 Å². The number of hydrogen-bond donors (Lipinski definition) is 3. The second kappa shape index (κ2) is 14.1. The van der Waals surface area contributed by atoms with Crippen molar-refractivity contribution < 1.29 is 38.9 Å². The van der Waals surface area contributed by atoms with E-state index < -0.39 is 47.6 Å². The van der Waals surface area contributed by atoms with Crippen molar-refractivity contribution in [2.24, 2.45) is 23.7 Å². The van der Waals surface area contributed by atoms with E-state index in [1.54, 1.807) is 32.4 Å². The first-order valence-corrected chi connectivity index (χ1v) is 17.8. The van der Waals surface area contributed by atoms with Gasteiger partial charge in [0, 0.05) is 45.0 Å². The lowest BCUT2D eigenvalue weighted by Gasteiger charge is -2.56. The predicted molar refractivity (Wildman–Crippen MR) is 188 cm³/mol. The van der Waals surface area contributed by atoms with Crippen LogP contribution in [-0.2, 0) is 36.0 Å². The number of fused-ring (bicyclic) bond motifs is 4. The van der Waals surface area contributed by atoms with Crippen LogP contribution in [0, 0.1) is 23.7 Å². The molecule has 10 atom stereocenters. The number of methoxy groups -OCH3 is 1. The molecule has 4 aliphatic rings. The number of para-hydroxylation sites is 1. The number of carbonyl (C=O) groups excluding carboxylic acids is 2. The number of halogens is 1. The molecule has 0 bridgehead atoms. The Morgan fingerprint density at radius 1 is 1.16 bits per heavy atom. The molecule has 12 heteroatoms. The molecule has 50 heavy (non-hydrogen) atoms. The summed E-state index contributed by atoms with van der Waals surface area (Å²) >= 11 is 6.46. The molecule has 2 aromatic rings. The van der Waals surface area contributed by atoms with E-state index >= 15 is 0 Å². The fourth-order valence-electron chi connectivity index (χ4n) is 8.89. The van der Waals surface area contributed by atoms with Gasteiger partial charge in [0.05, 0.1) is 17.8 Å². The van der Waals surface area contributed by atoms with E-state index in [1.165, 1.54) is 17.6 Å². The summed E-state index contributed by atoms with van der Waals surface area (Å²) in [5, 5.41) is 29.7. The fraction of sp³-hybridized carbons (Fsp3) is 0.579. The van der Waals surface area contributed by atoms with Gasteiger partial charge in [-0.25, -0.2) is 0 Å². The van der Waals surface area contributed by atoms with Gasteiger partial charge in [0.2, 0.25) is 0 Å². The van der Waals surface area contributed by atoms with Crippen LogP contribution in [0.25, 0.3) is 0 Å². The molecule has 2 aliphatic heterocycles. The van der Waals surface area contributed by atoms with Gasteiger partial charge in [0.25, 0.3) is 0 Å². The van der Waals surface area contributed by atoms with Crippen LogP contribution in [0.5, 0.6) is 5.75 Å². The third-order valence-electron chi connectivity index (χ3n) is 11.4. The molecule has 2 heterocycles. The van der Waals surface area contributed by atoms with Crippen molar-refractivity contribution >= 4 is 29.2 Å². The third kappa shape index (κ3) is 6.52. The molecule has 2 aliphatic carbocycles. The molecular formula is C38H50ClN3O8. The van der Waals surface area contributed by atoms with Gasteiger partial charge in [-0.15, -0.1) is 0 Å². The lowest BCUT2D eigenvalue weighted by molar-refractivity contribution is -0.225. The Morgan fingerprint density at radius 2 is 1.88 bits per heavy atom. The highest BCUT2D eigenvalue weighted by atomic mass is 35.5. The van der Waals surface area contributed by atoms with Gasteiger partial charge in [0.1, 0.15) is 23.0 Å². The highest BCUT2D eigenvalue weighted by Crippen LogP contribution is 2.53. The Labute approximate surface area is 299 Å². The van der Waals surface area contributed by atoms with Crippen molar-refractivity contribution in [3.05, 3.63) is 70.3 Å². The lowest BCUT2D eigenvalue weighted by Crippen LogP contribution is -2.66. The van der Waals surface area contributed by atoms with Crippen LogP contribution >= 0.6 is 11.6 Å². The number of esters is 2. The SMILES string of the molecule is COc1ccc(CN(C)CC(C)[C@@H]2CC[C@@H](C)[C@@]3(O)[C@@H]2C=C(C)[C@H](OC(C)=O)[C@@H]3OC(=O)[C@@H]2C[C@@]3(O)c4cccc(Cl)c4N(C)O[C@H]3N2)cc1. The monoisotopic (exact) mass is 711 g/mol. The summed E-state index contributed by atoms with van der Waals surface area (Å²) < 4.78 is 17.4. The Balaban J connectivity index is 1.24. The lowest BCUT2D eigenvalue weighted by atomic mass is 9.55. The van der Waals surface area contributed by atoms with E-state index in [0.29, 0.717) is 22.7 Å². The molecule has 2 fully saturated rings. The van der Waals surface area contributed by atoms with Crippen molar-refractivity contribution in [1.29, 1.82) is 0 Å². The minimum atomic E-state index is -1.57. The van der Waals surface area contributed by atoms with E-state index in [2.05, 4.69) is 36.3 Å². The molecular weight excluding hydrogens is 662 g/mol. The fourth-order valence-corrected chi connectivity index (χ4v) is 9.19. The molecule has 0 amide bonds. The first-order chi connectivity index (χ1) is 23.7. The van der Waals surface area contributed by atoms with Crippen LogP contribution in [0.2, 0.25) is 5.02 Å². The molecule has 0 aromatic heterocycles. The topological polar surface area (TPSA) is 130 Å². The first kappa shape index (κ1) is 36.6. The molecule has 3 N–H and O–H groups in total. The Kier molecular flexibility index (Phi) is 10.3. The van der Waals surface area contributed by atoms with Crippen LogP contribution in [0.3, 0.4) is 0 Å². The minimum Gasteiger partial charge on any atom is -0.497 e. The Hall–Kier alpha value is -3.19. The molecule has 0 spiro atoms. The maximum absolute atomic E-state index is 14.1. The van der Waals surface area contributed by atoms with E-state index in [1.807, 2.05) is 32.1 Å². The van der Waals surface area contributed by atoms with Gasteiger partial charge in [0.15, 0.2) is 18.4 Å². The first-order valence-electron chi connectivity index (χ1n) is 17.4. The number of rotatable bonds is 9. The minimum absolute atomic E-state index is 0.0466. The maximum Gasteiger partial charge on any atom is 0.323 e. The number of nitrogens with one attached hydrogen (secondary N) is 1. The normalized spacial score (nSPS) is 33.9. The summed E-state index contributed by atoms with van der Waals surface area (Å²) in [6.07, 6.45) is 0.501. The van der Waals surface area contributed by atoms with E-state index in [0.717, 1.165) is 30.8 Å². The van der Waals surface area contributed by atoms with Crippen molar-refractivity contribution in [1.82, 2.24) is 10.2 Å². The van der Waals surface area contributed by atoms with Crippen LogP contribution in [-0.4, -0.2) is 84.9 Å². The number of aliphatic hydroxyl groups is 2. The Bertz CT molecular complexity index is 1620. The summed E-state index contributed by atoms with van der Waals surface area (Å²) in [6.45, 7) is 8.90. The number of nitrogens with zero attached hydrogens (tertiary/aromatic N) is 2. The Morgan fingerprint density at radius 3 is 2.56 bits per heavy atom. The molecule has 1 unspecified atom stereocenters. The van der Waals surface area contributed by atoms with Crippen molar-refractivity contribution in [3.8, 4) is 5.75 Å². The summed E-state index contributed by atoms with van der Waals surface area (Å²) in [5.41, 5.74) is -0.119. The van der Waals surface area contributed by atoms with Crippen LogP contribution in [0.15, 0.2) is 54.1 Å². The van der Waals surface area contributed by atoms with Gasteiger partial charge in [-0.1, -0.05) is 55.8 Å². The summed E-state index contributed by atoms with van der Waals surface area (Å²) in [6, 6.07) is 12.3. The predicted octanol–water partition coefficient (Wildman–Crippen LogP) is 4.57. The highest BCUT2D eigenvalue weighted by Gasteiger charge is 2.62. The van der Waals surface area contributed by atoms with E-state index in [9.17, 15) is 19.8 Å². The maximum atomic E-state index is 14.1. The smallest absolute Gasteiger partial charge is 0.323 e. The zero-order valence-corrected chi connectivity index (χ0v) is 30.6. The molecule has 0 radical (unpaired) electrons. The second-order valence-electron chi connectivity index (χ2n) is 14.8. The highest BCUT2D eigenvalue weighted by molar-refractivity contribution is 6.33. The van der Waals surface area contributed by atoms with Crippen molar-refractivity contribution in [3.63, 3.8) is 0 Å².